The number of hydrogen-bond acceptors (Lipinski definition) is 3. The van der Waals surface area contributed by atoms with Crippen molar-refractivity contribution < 1.29 is 4.79 Å². The maximum absolute atomic E-state index is 11.6. The van der Waals surface area contributed by atoms with Crippen molar-refractivity contribution in [1.29, 1.82) is 0 Å². The SMILES string of the molecule is CC(=O)c1c(C)cc2n(-c3ccccc3)nnn12. The monoisotopic (exact) mass is 240 g/mol. The van der Waals surface area contributed by atoms with Crippen molar-refractivity contribution in [3.63, 3.8) is 0 Å². The number of carbonyl (C=O) groups is 1. The number of nitrogens with zero attached hydrogens (tertiary/aromatic N) is 4. The first kappa shape index (κ1) is 10.7. The zero-order valence-electron chi connectivity index (χ0n) is 10.2. The van der Waals surface area contributed by atoms with Crippen molar-refractivity contribution in [3.8, 4) is 5.69 Å². The molecule has 0 aliphatic carbocycles. The minimum atomic E-state index is -0.00684. The molecule has 0 radical (unpaired) electrons. The van der Waals surface area contributed by atoms with Gasteiger partial charge in [-0.25, -0.2) is 0 Å². The van der Waals surface area contributed by atoms with Gasteiger partial charge in [0.05, 0.1) is 5.69 Å². The number of aromatic nitrogens is 4. The summed E-state index contributed by atoms with van der Waals surface area (Å²) < 4.78 is 3.31. The quantitative estimate of drug-likeness (QED) is 0.644. The van der Waals surface area contributed by atoms with Gasteiger partial charge in [-0.1, -0.05) is 18.2 Å². The predicted molar refractivity (Wildman–Crippen MR) is 67.1 cm³/mol. The third kappa shape index (κ3) is 1.44. The largest absolute Gasteiger partial charge is 0.293 e. The molecule has 0 N–H and O–H groups in total. The number of tetrazole rings is 1. The first-order valence-electron chi connectivity index (χ1n) is 5.69. The van der Waals surface area contributed by atoms with Gasteiger partial charge in [-0.05, 0) is 41.1 Å². The number of aryl methyl sites for hydroxylation is 1. The fourth-order valence-corrected chi connectivity index (χ4v) is 2.15. The van der Waals surface area contributed by atoms with Crippen molar-refractivity contribution in [2.24, 2.45) is 0 Å². The van der Waals surface area contributed by atoms with Gasteiger partial charge in [-0.3, -0.25) is 4.79 Å². The van der Waals surface area contributed by atoms with Crippen molar-refractivity contribution in [1.82, 2.24) is 19.6 Å². The average Bonchev–Trinajstić information content (AvgIpc) is 2.87. The van der Waals surface area contributed by atoms with Gasteiger partial charge in [-0.2, -0.15) is 9.20 Å². The second-order valence-electron chi connectivity index (χ2n) is 4.23. The molecular weight excluding hydrogens is 228 g/mol. The number of Topliss-reactive ketones (excluding diaryl/α,β-unsaturated/α-hetero) is 1. The van der Waals surface area contributed by atoms with Crippen LogP contribution in [0, 0.1) is 6.92 Å². The molecule has 1 aromatic carbocycles. The maximum atomic E-state index is 11.6. The minimum absolute atomic E-state index is 0.00684. The first-order valence-corrected chi connectivity index (χ1v) is 5.69. The van der Waals surface area contributed by atoms with Crippen molar-refractivity contribution in [2.45, 2.75) is 13.8 Å². The van der Waals surface area contributed by atoms with E-state index in [1.165, 1.54) is 6.92 Å². The molecule has 2 aromatic heterocycles. The lowest BCUT2D eigenvalue weighted by Crippen LogP contribution is -2.01. The van der Waals surface area contributed by atoms with E-state index in [1.54, 1.807) is 9.20 Å². The van der Waals surface area contributed by atoms with Gasteiger partial charge in [0.2, 0.25) is 0 Å². The van der Waals surface area contributed by atoms with Crippen LogP contribution in [0.3, 0.4) is 0 Å². The Hall–Kier alpha value is -2.43. The van der Waals surface area contributed by atoms with Gasteiger partial charge in [0.25, 0.3) is 0 Å². The molecule has 0 saturated carbocycles. The highest BCUT2D eigenvalue weighted by atomic mass is 16.1. The highest BCUT2D eigenvalue weighted by molar-refractivity contribution is 5.95. The van der Waals surface area contributed by atoms with Gasteiger partial charge >= 0.3 is 0 Å². The summed E-state index contributed by atoms with van der Waals surface area (Å²) in [5.74, 6) is -0.00684. The topological polar surface area (TPSA) is 52.2 Å². The molecule has 3 rings (SSSR count). The van der Waals surface area contributed by atoms with Crippen LogP contribution in [0.4, 0.5) is 0 Å². The Morgan fingerprint density at radius 2 is 1.89 bits per heavy atom. The van der Waals surface area contributed by atoms with E-state index in [4.69, 9.17) is 0 Å². The second-order valence-corrected chi connectivity index (χ2v) is 4.23. The summed E-state index contributed by atoms with van der Waals surface area (Å²) in [6, 6.07) is 11.6. The normalized spacial score (nSPS) is 11.0. The standard InChI is InChI=1S/C13H12N4O/c1-9-8-12-16(11-6-4-3-5-7-11)14-15-17(12)13(9)10(2)18/h3-8H,1-2H3. The van der Waals surface area contributed by atoms with Crippen LogP contribution in [-0.2, 0) is 0 Å². The first-order chi connectivity index (χ1) is 8.68. The average molecular weight is 240 g/mol. The summed E-state index contributed by atoms with van der Waals surface area (Å²) in [5, 5.41) is 8.13. The molecule has 0 aliphatic heterocycles. The lowest BCUT2D eigenvalue weighted by Gasteiger charge is -1.98. The Kier molecular flexibility index (Phi) is 2.26. The fourth-order valence-electron chi connectivity index (χ4n) is 2.15. The van der Waals surface area contributed by atoms with Gasteiger partial charge < -0.3 is 0 Å². The zero-order chi connectivity index (χ0) is 12.7. The molecule has 18 heavy (non-hydrogen) atoms. The summed E-state index contributed by atoms with van der Waals surface area (Å²) in [5.41, 5.74) is 3.22. The van der Waals surface area contributed by atoms with Crippen LogP contribution < -0.4 is 0 Å². The van der Waals surface area contributed by atoms with Crippen LogP contribution in [0.1, 0.15) is 23.0 Å². The lowest BCUT2D eigenvalue weighted by molar-refractivity contribution is 0.101. The molecule has 0 fully saturated rings. The number of benzene rings is 1. The Labute approximate surface area is 104 Å². The molecular formula is C13H12N4O. The van der Waals surface area contributed by atoms with Gasteiger partial charge in [-0.15, -0.1) is 0 Å². The minimum Gasteiger partial charge on any atom is -0.293 e. The van der Waals surface area contributed by atoms with Crippen LogP contribution in [-0.4, -0.2) is 25.4 Å². The van der Waals surface area contributed by atoms with Crippen LogP contribution in [0.2, 0.25) is 0 Å². The summed E-state index contributed by atoms with van der Waals surface area (Å²) in [6.07, 6.45) is 0. The summed E-state index contributed by atoms with van der Waals surface area (Å²) in [6.45, 7) is 3.44. The summed E-state index contributed by atoms with van der Waals surface area (Å²) in [7, 11) is 0. The fraction of sp³-hybridized carbons (Fsp3) is 0.154. The van der Waals surface area contributed by atoms with E-state index in [1.807, 2.05) is 43.3 Å². The molecule has 0 saturated heterocycles. The van der Waals surface area contributed by atoms with E-state index in [0.717, 1.165) is 16.9 Å². The number of ketones is 1. The van der Waals surface area contributed by atoms with Crippen LogP contribution in [0.15, 0.2) is 36.4 Å². The highest BCUT2D eigenvalue weighted by Gasteiger charge is 2.16. The highest BCUT2D eigenvalue weighted by Crippen LogP contribution is 2.17. The zero-order valence-corrected chi connectivity index (χ0v) is 10.2. The lowest BCUT2D eigenvalue weighted by atomic mass is 10.2. The molecule has 0 aliphatic rings. The van der Waals surface area contributed by atoms with Gasteiger partial charge in [0, 0.05) is 6.92 Å². The number of fused-ring (bicyclic) bond motifs is 1. The third-order valence-electron chi connectivity index (χ3n) is 2.92. The molecule has 0 spiro atoms. The van der Waals surface area contributed by atoms with Crippen molar-refractivity contribution in [3.05, 3.63) is 47.7 Å². The Balaban J connectivity index is 2.28. The van der Waals surface area contributed by atoms with Crippen LogP contribution in [0.5, 0.6) is 0 Å². The molecule has 0 atom stereocenters. The number of hydrogen-bond donors (Lipinski definition) is 0. The molecule has 3 aromatic rings. The molecule has 90 valence electrons. The molecule has 0 bridgehead atoms. The Morgan fingerprint density at radius 3 is 2.56 bits per heavy atom. The smallest absolute Gasteiger partial charge is 0.178 e. The summed E-state index contributed by atoms with van der Waals surface area (Å²) in [4.78, 5) is 11.6. The molecule has 0 unspecified atom stereocenters. The Bertz CT molecular complexity index is 724. The number of rotatable bonds is 2. The Morgan fingerprint density at radius 1 is 1.17 bits per heavy atom. The van der Waals surface area contributed by atoms with E-state index in [2.05, 4.69) is 10.4 Å². The van der Waals surface area contributed by atoms with Crippen LogP contribution in [0.25, 0.3) is 11.3 Å². The van der Waals surface area contributed by atoms with Crippen molar-refractivity contribution >= 4 is 11.4 Å². The maximum Gasteiger partial charge on any atom is 0.178 e. The van der Waals surface area contributed by atoms with Gasteiger partial charge in [0.15, 0.2) is 11.4 Å². The van der Waals surface area contributed by atoms with Gasteiger partial charge in [0.1, 0.15) is 5.69 Å². The van der Waals surface area contributed by atoms with E-state index in [0.29, 0.717) is 5.69 Å². The predicted octanol–water partition coefficient (Wildman–Crippen LogP) is 2.03. The molecule has 5 heteroatoms. The molecule has 2 heterocycles. The number of para-hydroxylation sites is 1. The molecule has 5 nitrogen and oxygen atoms in total. The van der Waals surface area contributed by atoms with E-state index >= 15 is 0 Å². The van der Waals surface area contributed by atoms with E-state index in [9.17, 15) is 4.79 Å². The number of carbonyl (C=O) groups excluding carboxylic acids is 1. The van der Waals surface area contributed by atoms with E-state index in [-0.39, 0.29) is 5.78 Å². The van der Waals surface area contributed by atoms with Crippen LogP contribution >= 0.6 is 0 Å². The third-order valence-corrected chi connectivity index (χ3v) is 2.92. The van der Waals surface area contributed by atoms with Crippen molar-refractivity contribution in [2.75, 3.05) is 0 Å². The summed E-state index contributed by atoms with van der Waals surface area (Å²) >= 11 is 0. The molecule has 0 amide bonds. The van der Waals surface area contributed by atoms with E-state index < -0.39 is 0 Å². The second kappa shape index (κ2) is 3.80.